The lowest BCUT2D eigenvalue weighted by molar-refractivity contribution is -0.0254. The summed E-state index contributed by atoms with van der Waals surface area (Å²) in [6, 6.07) is 0. The molecule has 41 heavy (non-hydrogen) atoms. The van der Waals surface area contributed by atoms with Gasteiger partial charge in [-0.3, -0.25) is 0 Å². The van der Waals surface area contributed by atoms with Crippen molar-refractivity contribution < 1.29 is 53.1 Å². The molecule has 0 aromatic rings. The first-order valence-corrected chi connectivity index (χ1v) is 22.3. The molecule has 0 aliphatic heterocycles. The van der Waals surface area contributed by atoms with Gasteiger partial charge in [-0.25, -0.2) is 0 Å². The lowest BCUT2D eigenvalue weighted by Gasteiger charge is -2.59. The Kier molecular flexibility index (Phi) is 21.4. The molecule has 0 saturated heterocycles. The van der Waals surface area contributed by atoms with Crippen LogP contribution in [0.2, 0.25) is 3.91 Å². The Labute approximate surface area is 254 Å². The van der Waals surface area contributed by atoms with Crippen LogP contribution in [0.25, 0.3) is 0 Å². The zero-order chi connectivity index (χ0) is 31.5. The Morgan fingerprint density at radius 3 is 0.415 bits per heavy atom. The van der Waals surface area contributed by atoms with Crippen molar-refractivity contribution in [3.63, 3.8) is 0 Å². The van der Waals surface area contributed by atoms with Crippen molar-refractivity contribution >= 4 is 35.2 Å². The largest absolute Gasteiger partial charge is 0.521 e. The van der Waals surface area contributed by atoms with Crippen LogP contribution in [0.3, 0.4) is 0 Å². The summed E-state index contributed by atoms with van der Waals surface area (Å²) >= 11 is 0. The Morgan fingerprint density at radius 2 is 0.341 bits per heavy atom. The molecule has 0 radical (unpaired) electrons. The van der Waals surface area contributed by atoms with Gasteiger partial charge in [0.25, 0.3) is 0 Å². The van der Waals surface area contributed by atoms with E-state index in [0.717, 1.165) is 0 Å². The van der Waals surface area contributed by atoms with Gasteiger partial charge >= 0.3 is 35.2 Å². The fourth-order valence-electron chi connectivity index (χ4n) is 5.20. The summed E-state index contributed by atoms with van der Waals surface area (Å²) in [7, 11) is -17.0. The average molecular weight is 665 g/mol. The molecule has 0 heterocycles. The predicted octanol–water partition coefficient (Wildman–Crippen LogP) is 4.54. The van der Waals surface area contributed by atoms with Crippen LogP contribution in [-0.4, -0.2) is 115 Å². The fourth-order valence-corrected chi connectivity index (χ4v) is 30.2. The lowest BCUT2D eigenvalue weighted by Crippen LogP contribution is -2.90. The lowest BCUT2D eigenvalue weighted by atomic mass is 10.9. The Balaban J connectivity index is 9.25. The Morgan fingerprint density at radius 1 is 0.244 bits per heavy atom. The topological polar surface area (TPSA) is 111 Å². The molecule has 0 aromatic heterocycles. The third kappa shape index (κ3) is 8.36. The molecule has 0 unspecified atom stereocenters. The van der Waals surface area contributed by atoms with Crippen LogP contribution in [0, 0.1) is 0 Å². The van der Waals surface area contributed by atoms with Gasteiger partial charge in [0.15, 0.2) is 0 Å². The van der Waals surface area contributed by atoms with Crippen LogP contribution in [0.5, 0.6) is 0 Å². The van der Waals surface area contributed by atoms with Crippen molar-refractivity contribution in [1.29, 1.82) is 0 Å². The van der Waals surface area contributed by atoms with E-state index in [9.17, 15) is 0 Å². The average Bonchev–Trinajstić information content (AvgIpc) is 2.91. The van der Waals surface area contributed by atoms with E-state index in [4.69, 9.17) is 53.1 Å². The second kappa shape index (κ2) is 21.2. The van der Waals surface area contributed by atoms with Gasteiger partial charge in [0.2, 0.25) is 3.91 Å². The molecule has 0 aliphatic rings. The molecule has 12 nitrogen and oxygen atoms in total. The highest BCUT2D eigenvalue weighted by Crippen LogP contribution is 2.63. The molecule has 248 valence electrons. The molecule has 0 spiro atoms. The summed E-state index contributed by atoms with van der Waals surface area (Å²) < 4.78 is 79.7. The van der Waals surface area contributed by atoms with Gasteiger partial charge in [0, 0.05) is 79.3 Å². The molecule has 0 saturated carbocycles. The monoisotopic (exact) mass is 664 g/mol. The summed E-state index contributed by atoms with van der Waals surface area (Å²) in [6.45, 7) is 25.3. The van der Waals surface area contributed by atoms with Crippen molar-refractivity contribution in [3.8, 4) is 0 Å². The highest BCUT2D eigenvalue weighted by atomic mass is 28.6. The van der Waals surface area contributed by atoms with Gasteiger partial charge in [0.1, 0.15) is 0 Å². The van der Waals surface area contributed by atoms with E-state index in [2.05, 4.69) is 0 Å². The van der Waals surface area contributed by atoms with E-state index in [1.54, 1.807) is 0 Å². The first kappa shape index (κ1) is 41.4. The zero-order valence-electron chi connectivity index (χ0n) is 27.9. The van der Waals surface area contributed by atoms with E-state index >= 15 is 0 Å². The van der Waals surface area contributed by atoms with Crippen LogP contribution in [-0.2, 0) is 53.1 Å². The maximum atomic E-state index is 6.79. The van der Waals surface area contributed by atoms with Gasteiger partial charge in [-0.05, 0) is 83.1 Å². The highest BCUT2D eigenvalue weighted by Gasteiger charge is 3.00. The molecular weight excluding hydrogens is 605 g/mol. The number of hydrogen-bond donors (Lipinski definition) is 0. The summed E-state index contributed by atoms with van der Waals surface area (Å²) in [6.07, 6.45) is 0. The second-order valence-corrected chi connectivity index (χ2v) is 22.1. The van der Waals surface area contributed by atoms with E-state index in [-0.39, 0.29) is 79.3 Å². The van der Waals surface area contributed by atoms with Gasteiger partial charge in [-0.1, -0.05) is 0 Å². The van der Waals surface area contributed by atoms with Crippen LogP contribution < -0.4 is 0 Å². The van der Waals surface area contributed by atoms with Gasteiger partial charge < -0.3 is 53.1 Å². The Hall–Kier alpha value is 0.388. The summed E-state index contributed by atoms with van der Waals surface area (Å²) in [5, 5.41) is 0. The minimum atomic E-state index is -4.26. The highest BCUT2D eigenvalue weighted by molar-refractivity contribution is 7.17. The van der Waals surface area contributed by atoms with E-state index in [1.807, 2.05) is 83.1 Å². The standard InChI is InChI=1S/C25H60O12Si4/c1-13-26-38(27-14-2,28-15-3)25(39(29-16-4,30-17-5)31-18-6,40(32-19-7,33-20-8)34-21-9)41(35-22-10,36-23-11)37-24-12/h13-24H2,1-12H3. The normalized spacial score (nSPS) is 13.8. The molecule has 16 heteroatoms. The summed E-state index contributed by atoms with van der Waals surface area (Å²) in [4.78, 5) is 0. The summed E-state index contributed by atoms with van der Waals surface area (Å²) in [5.74, 6) is 0. The molecule has 0 bridgehead atoms. The minimum absolute atomic E-state index is 0.229. The maximum Gasteiger partial charge on any atom is 0.521 e. The maximum absolute atomic E-state index is 6.79. The molecule has 0 amide bonds. The molecule has 0 rings (SSSR count). The SMILES string of the molecule is CCO[Si](OCC)(OCC)C([Si](OCC)(OCC)OCC)([Si](OCC)(OCC)OCC)[Si](OCC)(OCC)OCC. The smallest absolute Gasteiger partial charge is 0.373 e. The number of rotatable bonds is 28. The van der Waals surface area contributed by atoms with Gasteiger partial charge in [-0.2, -0.15) is 0 Å². The summed E-state index contributed by atoms with van der Waals surface area (Å²) in [5.41, 5.74) is 0. The predicted molar refractivity (Wildman–Crippen MR) is 165 cm³/mol. The van der Waals surface area contributed by atoms with E-state index < -0.39 is 39.1 Å². The minimum Gasteiger partial charge on any atom is -0.373 e. The van der Waals surface area contributed by atoms with Crippen molar-refractivity contribution in [2.24, 2.45) is 0 Å². The molecule has 0 atom stereocenters. The quantitative estimate of drug-likeness (QED) is 0.110. The van der Waals surface area contributed by atoms with Crippen molar-refractivity contribution in [3.05, 3.63) is 0 Å². The second-order valence-electron chi connectivity index (χ2n) is 8.17. The molecule has 0 aromatic carbocycles. The van der Waals surface area contributed by atoms with Crippen molar-refractivity contribution in [2.75, 3.05) is 79.3 Å². The van der Waals surface area contributed by atoms with Gasteiger partial charge in [0.05, 0.1) is 0 Å². The van der Waals surface area contributed by atoms with Crippen LogP contribution >= 0.6 is 0 Å². The third-order valence-electron chi connectivity index (χ3n) is 5.85. The van der Waals surface area contributed by atoms with Gasteiger partial charge in [-0.15, -0.1) is 0 Å². The van der Waals surface area contributed by atoms with Crippen LogP contribution in [0.4, 0.5) is 0 Å². The van der Waals surface area contributed by atoms with Crippen LogP contribution in [0.1, 0.15) is 83.1 Å². The Bertz CT molecular complexity index is 486. The van der Waals surface area contributed by atoms with Crippen molar-refractivity contribution in [2.45, 2.75) is 87.0 Å². The molecule has 0 N–H and O–H groups in total. The first-order chi connectivity index (χ1) is 19.7. The molecule has 0 aliphatic carbocycles. The van der Waals surface area contributed by atoms with E-state index in [1.165, 1.54) is 0 Å². The molecule has 0 fully saturated rings. The van der Waals surface area contributed by atoms with Crippen molar-refractivity contribution in [1.82, 2.24) is 0 Å². The molecular formula is C25H60O12Si4. The fraction of sp³-hybridized carbons (Fsp3) is 1.00. The third-order valence-corrected chi connectivity index (χ3v) is 28.6. The zero-order valence-corrected chi connectivity index (χ0v) is 31.9. The van der Waals surface area contributed by atoms with E-state index in [0.29, 0.717) is 0 Å². The first-order valence-electron chi connectivity index (χ1n) is 15.4. The van der Waals surface area contributed by atoms with Crippen LogP contribution in [0.15, 0.2) is 0 Å². The number of hydrogen-bond acceptors (Lipinski definition) is 12.